The van der Waals surface area contributed by atoms with E-state index in [0.29, 0.717) is 17.1 Å². The summed E-state index contributed by atoms with van der Waals surface area (Å²) < 4.78 is 0. The average molecular weight is 259 g/mol. The number of benzene rings is 1. The summed E-state index contributed by atoms with van der Waals surface area (Å²) in [5, 5.41) is 2.71. The number of nitrogens with two attached hydrogens (primary N) is 1. The molecule has 1 aromatic heterocycles. The van der Waals surface area contributed by atoms with Crippen LogP contribution < -0.4 is 11.1 Å². The third-order valence-corrected chi connectivity index (χ3v) is 3.12. The highest BCUT2D eigenvalue weighted by Gasteiger charge is 2.06. The number of carbonyl (C=O) groups is 1. The molecule has 0 spiro atoms. The molecule has 0 saturated heterocycles. The second-order valence-corrected chi connectivity index (χ2v) is 4.54. The van der Waals surface area contributed by atoms with Gasteiger partial charge in [0.2, 0.25) is 0 Å². The van der Waals surface area contributed by atoms with Crippen LogP contribution in [0, 0.1) is 0 Å². The topological polar surface area (TPSA) is 68.0 Å². The molecule has 92 valence electrons. The van der Waals surface area contributed by atoms with Crippen LogP contribution in [-0.4, -0.2) is 17.1 Å². The van der Waals surface area contributed by atoms with E-state index in [2.05, 4.69) is 10.3 Å². The first-order valence-electron chi connectivity index (χ1n) is 5.36. The minimum atomic E-state index is -0.181. The smallest absolute Gasteiger partial charge is 0.256 e. The van der Waals surface area contributed by atoms with Crippen LogP contribution >= 0.6 is 11.8 Å². The minimum absolute atomic E-state index is 0.181. The first-order valence-corrected chi connectivity index (χ1v) is 6.58. The highest BCUT2D eigenvalue weighted by Crippen LogP contribution is 2.15. The Morgan fingerprint density at radius 3 is 2.50 bits per heavy atom. The van der Waals surface area contributed by atoms with Crippen molar-refractivity contribution in [1.29, 1.82) is 0 Å². The lowest BCUT2D eigenvalue weighted by Crippen LogP contribution is -2.12. The molecule has 1 aromatic carbocycles. The number of aromatic nitrogens is 1. The summed E-state index contributed by atoms with van der Waals surface area (Å²) in [5.74, 6) is 0.308. The Hall–Kier alpha value is -2.01. The third kappa shape index (κ3) is 3.01. The van der Waals surface area contributed by atoms with E-state index in [1.54, 1.807) is 36.0 Å². The maximum Gasteiger partial charge on any atom is 0.256 e. The molecule has 0 fully saturated rings. The van der Waals surface area contributed by atoms with Crippen molar-refractivity contribution in [1.82, 2.24) is 4.98 Å². The first kappa shape index (κ1) is 12.4. The molecule has 5 heteroatoms. The van der Waals surface area contributed by atoms with Crippen molar-refractivity contribution in [3.05, 3.63) is 48.2 Å². The van der Waals surface area contributed by atoms with Crippen LogP contribution in [0.1, 0.15) is 10.4 Å². The number of hydrogen-bond donors (Lipinski definition) is 2. The fourth-order valence-corrected chi connectivity index (χ4v) is 1.82. The van der Waals surface area contributed by atoms with Crippen LogP contribution in [0.3, 0.4) is 0 Å². The Balaban J connectivity index is 2.09. The number of pyridine rings is 1. The number of nitrogen functional groups attached to an aromatic ring is 1. The molecular weight excluding hydrogens is 246 g/mol. The van der Waals surface area contributed by atoms with Crippen LogP contribution in [0.25, 0.3) is 0 Å². The summed E-state index contributed by atoms with van der Waals surface area (Å²) in [5.41, 5.74) is 6.69. The van der Waals surface area contributed by atoms with Crippen LogP contribution in [0.5, 0.6) is 0 Å². The zero-order chi connectivity index (χ0) is 13.0. The molecule has 0 aliphatic carbocycles. The summed E-state index contributed by atoms with van der Waals surface area (Å²) in [6, 6.07) is 10.8. The predicted octanol–water partition coefficient (Wildman–Crippen LogP) is 2.64. The molecule has 2 aromatic rings. The normalized spacial score (nSPS) is 10.1. The number of amides is 1. The Morgan fingerprint density at radius 1 is 1.22 bits per heavy atom. The number of nitrogens with zero attached hydrogens (tertiary/aromatic N) is 1. The van der Waals surface area contributed by atoms with Crippen molar-refractivity contribution in [3.63, 3.8) is 0 Å². The van der Waals surface area contributed by atoms with E-state index in [1.807, 2.05) is 18.4 Å². The quantitative estimate of drug-likeness (QED) is 0.831. The molecule has 1 amide bonds. The van der Waals surface area contributed by atoms with Gasteiger partial charge in [0.05, 0.1) is 11.9 Å². The molecule has 0 aliphatic rings. The van der Waals surface area contributed by atoms with Crippen LogP contribution in [0.15, 0.2) is 47.5 Å². The van der Waals surface area contributed by atoms with Gasteiger partial charge in [0.25, 0.3) is 5.91 Å². The van der Waals surface area contributed by atoms with Gasteiger partial charge in [0.15, 0.2) is 0 Å². The molecule has 1 heterocycles. The number of hydrogen-bond acceptors (Lipinski definition) is 4. The molecule has 2 rings (SSSR count). The van der Waals surface area contributed by atoms with Crippen molar-refractivity contribution in [2.24, 2.45) is 0 Å². The van der Waals surface area contributed by atoms with Crippen LogP contribution in [0.2, 0.25) is 0 Å². The standard InChI is InChI=1S/C13H13N3OS/c1-18-11-5-2-9(3-6-11)13(17)16-12-7-4-10(14)8-15-12/h2-8H,14H2,1H3,(H,15,16,17). The fraction of sp³-hybridized carbons (Fsp3) is 0.0769. The van der Waals surface area contributed by atoms with E-state index in [9.17, 15) is 4.79 Å². The molecule has 0 atom stereocenters. The molecule has 0 unspecified atom stereocenters. The van der Waals surface area contributed by atoms with Gasteiger partial charge in [-0.2, -0.15) is 0 Å². The summed E-state index contributed by atoms with van der Waals surface area (Å²) in [7, 11) is 0. The lowest BCUT2D eigenvalue weighted by atomic mass is 10.2. The molecular formula is C13H13N3OS. The molecule has 0 radical (unpaired) electrons. The van der Waals surface area contributed by atoms with Gasteiger partial charge < -0.3 is 11.1 Å². The summed E-state index contributed by atoms with van der Waals surface area (Å²) in [6.07, 6.45) is 3.50. The number of thioether (sulfide) groups is 1. The van der Waals surface area contributed by atoms with Gasteiger partial charge in [-0.25, -0.2) is 4.98 Å². The molecule has 3 N–H and O–H groups in total. The third-order valence-electron chi connectivity index (χ3n) is 2.38. The van der Waals surface area contributed by atoms with Gasteiger partial charge in [0.1, 0.15) is 5.82 Å². The Morgan fingerprint density at radius 2 is 1.94 bits per heavy atom. The predicted molar refractivity (Wildman–Crippen MR) is 74.8 cm³/mol. The molecule has 18 heavy (non-hydrogen) atoms. The lowest BCUT2D eigenvalue weighted by Gasteiger charge is -2.05. The van der Waals surface area contributed by atoms with E-state index in [4.69, 9.17) is 5.73 Å². The maximum atomic E-state index is 11.9. The number of rotatable bonds is 3. The van der Waals surface area contributed by atoms with E-state index in [1.165, 1.54) is 6.20 Å². The van der Waals surface area contributed by atoms with Crippen molar-refractivity contribution in [3.8, 4) is 0 Å². The monoisotopic (exact) mass is 259 g/mol. The van der Waals surface area contributed by atoms with E-state index >= 15 is 0 Å². The van der Waals surface area contributed by atoms with Crippen molar-refractivity contribution >= 4 is 29.2 Å². The van der Waals surface area contributed by atoms with Gasteiger partial charge in [-0.05, 0) is 42.7 Å². The molecule has 4 nitrogen and oxygen atoms in total. The summed E-state index contributed by atoms with van der Waals surface area (Å²) in [4.78, 5) is 17.0. The average Bonchev–Trinajstić information content (AvgIpc) is 2.41. The second kappa shape index (κ2) is 5.55. The Bertz CT molecular complexity index is 537. The van der Waals surface area contributed by atoms with Crippen LogP contribution in [-0.2, 0) is 0 Å². The number of carbonyl (C=O) groups excluding carboxylic acids is 1. The molecule has 0 saturated carbocycles. The number of anilines is 2. The van der Waals surface area contributed by atoms with Gasteiger partial charge in [0, 0.05) is 10.5 Å². The fourth-order valence-electron chi connectivity index (χ4n) is 1.41. The van der Waals surface area contributed by atoms with E-state index in [-0.39, 0.29) is 5.91 Å². The molecule has 0 aliphatic heterocycles. The van der Waals surface area contributed by atoms with Gasteiger partial charge in [-0.3, -0.25) is 4.79 Å². The highest BCUT2D eigenvalue weighted by molar-refractivity contribution is 7.98. The van der Waals surface area contributed by atoms with E-state index in [0.717, 1.165) is 4.90 Å². The largest absolute Gasteiger partial charge is 0.397 e. The zero-order valence-electron chi connectivity index (χ0n) is 9.88. The van der Waals surface area contributed by atoms with Gasteiger partial charge in [-0.1, -0.05) is 0 Å². The van der Waals surface area contributed by atoms with Crippen molar-refractivity contribution in [2.75, 3.05) is 17.3 Å². The highest BCUT2D eigenvalue weighted by atomic mass is 32.2. The van der Waals surface area contributed by atoms with Crippen molar-refractivity contribution < 1.29 is 4.79 Å². The summed E-state index contributed by atoms with van der Waals surface area (Å²) in [6.45, 7) is 0. The van der Waals surface area contributed by atoms with Gasteiger partial charge in [-0.15, -0.1) is 11.8 Å². The SMILES string of the molecule is CSc1ccc(C(=O)Nc2ccc(N)cn2)cc1. The first-order chi connectivity index (χ1) is 8.69. The van der Waals surface area contributed by atoms with Gasteiger partial charge >= 0.3 is 0 Å². The molecule has 0 bridgehead atoms. The number of nitrogens with one attached hydrogen (secondary N) is 1. The lowest BCUT2D eigenvalue weighted by molar-refractivity contribution is 0.102. The maximum absolute atomic E-state index is 11.9. The Kier molecular flexibility index (Phi) is 3.84. The minimum Gasteiger partial charge on any atom is -0.397 e. The second-order valence-electron chi connectivity index (χ2n) is 3.66. The van der Waals surface area contributed by atoms with Crippen molar-refractivity contribution in [2.45, 2.75) is 4.90 Å². The Labute approximate surface area is 110 Å². The van der Waals surface area contributed by atoms with E-state index < -0.39 is 0 Å². The van der Waals surface area contributed by atoms with Crippen LogP contribution in [0.4, 0.5) is 11.5 Å². The summed E-state index contributed by atoms with van der Waals surface area (Å²) >= 11 is 1.64. The zero-order valence-corrected chi connectivity index (χ0v) is 10.7.